The minimum atomic E-state index is -0.301. The summed E-state index contributed by atoms with van der Waals surface area (Å²) in [5.74, 6) is 0.881. The van der Waals surface area contributed by atoms with Gasteiger partial charge in [0, 0.05) is 57.4 Å². The third-order valence-electron chi connectivity index (χ3n) is 6.14. The highest BCUT2D eigenvalue weighted by Gasteiger charge is 2.35. The number of benzene rings is 1. The van der Waals surface area contributed by atoms with Gasteiger partial charge in [0.15, 0.2) is 0 Å². The third kappa shape index (κ3) is 5.28. The first kappa shape index (κ1) is 21.6. The standard InChI is InChI=1S/C22H34N4O3/c1-16(2)20(25-11-9-24(3)10-12-25)14-23-22(28)17-13-21(27)26(15-17)18-5-7-19(29-4)8-6-18/h5-8,16-17,20H,9-15H2,1-4H3,(H,23,28). The summed E-state index contributed by atoms with van der Waals surface area (Å²) in [4.78, 5) is 31.8. The predicted octanol–water partition coefficient (Wildman–Crippen LogP) is 1.44. The van der Waals surface area contributed by atoms with Gasteiger partial charge in [0.05, 0.1) is 13.0 Å². The number of nitrogens with zero attached hydrogens (tertiary/aromatic N) is 3. The molecule has 29 heavy (non-hydrogen) atoms. The van der Waals surface area contributed by atoms with E-state index in [0.717, 1.165) is 37.6 Å². The number of amides is 2. The molecule has 0 saturated carbocycles. The molecule has 7 heteroatoms. The topological polar surface area (TPSA) is 65.1 Å². The van der Waals surface area contributed by atoms with Crippen LogP contribution < -0.4 is 15.0 Å². The van der Waals surface area contributed by atoms with Gasteiger partial charge in [0.2, 0.25) is 11.8 Å². The van der Waals surface area contributed by atoms with E-state index in [-0.39, 0.29) is 24.2 Å². The number of nitrogens with one attached hydrogen (secondary N) is 1. The van der Waals surface area contributed by atoms with Crippen LogP contribution in [0, 0.1) is 11.8 Å². The highest BCUT2D eigenvalue weighted by atomic mass is 16.5. The molecular weight excluding hydrogens is 368 g/mol. The second-order valence-electron chi connectivity index (χ2n) is 8.50. The van der Waals surface area contributed by atoms with E-state index in [2.05, 4.69) is 36.0 Å². The van der Waals surface area contributed by atoms with Crippen LogP contribution in [0.5, 0.6) is 5.75 Å². The van der Waals surface area contributed by atoms with Gasteiger partial charge in [-0.1, -0.05) is 13.8 Å². The molecule has 1 aromatic rings. The van der Waals surface area contributed by atoms with Crippen LogP contribution >= 0.6 is 0 Å². The molecule has 2 aliphatic rings. The fourth-order valence-corrected chi connectivity index (χ4v) is 4.18. The SMILES string of the molecule is COc1ccc(N2CC(C(=O)NCC(C(C)C)N3CCN(C)CC3)CC2=O)cc1. The Bertz CT molecular complexity index is 699. The van der Waals surface area contributed by atoms with Gasteiger partial charge in [-0.25, -0.2) is 0 Å². The highest BCUT2D eigenvalue weighted by Crippen LogP contribution is 2.27. The van der Waals surface area contributed by atoms with Crippen molar-refractivity contribution in [2.24, 2.45) is 11.8 Å². The van der Waals surface area contributed by atoms with Crippen LogP contribution in [0.4, 0.5) is 5.69 Å². The van der Waals surface area contributed by atoms with E-state index in [1.54, 1.807) is 12.0 Å². The van der Waals surface area contributed by atoms with Crippen molar-refractivity contribution in [1.82, 2.24) is 15.1 Å². The van der Waals surface area contributed by atoms with Crippen molar-refractivity contribution < 1.29 is 14.3 Å². The average Bonchev–Trinajstić information content (AvgIpc) is 3.11. The molecule has 2 aliphatic heterocycles. The van der Waals surface area contributed by atoms with Gasteiger partial charge in [-0.2, -0.15) is 0 Å². The number of hydrogen-bond donors (Lipinski definition) is 1. The van der Waals surface area contributed by atoms with Gasteiger partial charge in [0.1, 0.15) is 5.75 Å². The maximum Gasteiger partial charge on any atom is 0.227 e. The Morgan fingerprint density at radius 2 is 1.83 bits per heavy atom. The number of carbonyl (C=O) groups excluding carboxylic acids is 2. The lowest BCUT2D eigenvalue weighted by atomic mass is 10.0. The summed E-state index contributed by atoms with van der Waals surface area (Å²) in [5, 5.41) is 3.13. The lowest BCUT2D eigenvalue weighted by Gasteiger charge is -2.40. The minimum absolute atomic E-state index is 0.00482. The van der Waals surface area contributed by atoms with Gasteiger partial charge >= 0.3 is 0 Å². The summed E-state index contributed by atoms with van der Waals surface area (Å²) >= 11 is 0. The summed E-state index contributed by atoms with van der Waals surface area (Å²) in [6.45, 7) is 9.66. The lowest BCUT2D eigenvalue weighted by molar-refractivity contribution is -0.126. The maximum atomic E-state index is 12.8. The molecule has 160 valence electrons. The molecule has 2 atom stereocenters. The number of ether oxygens (including phenoxy) is 1. The number of methoxy groups -OCH3 is 1. The van der Waals surface area contributed by atoms with Crippen LogP contribution in [0.3, 0.4) is 0 Å². The fraction of sp³-hybridized carbons (Fsp3) is 0.636. The Balaban J connectivity index is 1.55. The predicted molar refractivity (Wildman–Crippen MR) is 114 cm³/mol. The molecule has 1 N–H and O–H groups in total. The Morgan fingerprint density at radius 3 is 2.41 bits per heavy atom. The second kappa shape index (κ2) is 9.59. The fourth-order valence-electron chi connectivity index (χ4n) is 4.18. The number of rotatable bonds is 7. The molecular formula is C22H34N4O3. The number of piperazine rings is 1. The molecule has 7 nitrogen and oxygen atoms in total. The molecule has 0 bridgehead atoms. The van der Waals surface area contributed by atoms with Crippen molar-refractivity contribution in [2.75, 3.05) is 58.3 Å². The van der Waals surface area contributed by atoms with Crippen molar-refractivity contribution in [1.29, 1.82) is 0 Å². The van der Waals surface area contributed by atoms with Crippen LogP contribution in [0.15, 0.2) is 24.3 Å². The van der Waals surface area contributed by atoms with Crippen molar-refractivity contribution in [3.8, 4) is 5.75 Å². The molecule has 2 unspecified atom stereocenters. The zero-order valence-corrected chi connectivity index (χ0v) is 18.1. The molecule has 3 rings (SSSR count). The summed E-state index contributed by atoms with van der Waals surface area (Å²) in [7, 11) is 3.76. The Labute approximate surface area is 174 Å². The van der Waals surface area contributed by atoms with Crippen molar-refractivity contribution >= 4 is 17.5 Å². The largest absolute Gasteiger partial charge is 0.497 e. The molecule has 1 aromatic carbocycles. The third-order valence-corrected chi connectivity index (χ3v) is 6.14. The Hall–Kier alpha value is -2.12. The number of anilines is 1. The summed E-state index contributed by atoms with van der Waals surface area (Å²) in [5.41, 5.74) is 0.809. The van der Waals surface area contributed by atoms with E-state index in [0.29, 0.717) is 25.0 Å². The van der Waals surface area contributed by atoms with Gasteiger partial charge in [-0.05, 0) is 37.2 Å². The van der Waals surface area contributed by atoms with Crippen LogP contribution in [-0.2, 0) is 9.59 Å². The van der Waals surface area contributed by atoms with E-state index in [4.69, 9.17) is 4.74 Å². The van der Waals surface area contributed by atoms with E-state index in [1.807, 2.05) is 24.3 Å². The smallest absolute Gasteiger partial charge is 0.227 e. The van der Waals surface area contributed by atoms with Crippen LogP contribution in [0.25, 0.3) is 0 Å². The van der Waals surface area contributed by atoms with Crippen LogP contribution in [0.2, 0.25) is 0 Å². The first-order valence-corrected chi connectivity index (χ1v) is 10.5. The van der Waals surface area contributed by atoms with Crippen molar-refractivity contribution in [2.45, 2.75) is 26.3 Å². The summed E-state index contributed by atoms with van der Waals surface area (Å²) in [6, 6.07) is 7.71. The first-order valence-electron chi connectivity index (χ1n) is 10.5. The lowest BCUT2D eigenvalue weighted by Crippen LogP contribution is -2.54. The molecule has 0 aromatic heterocycles. The monoisotopic (exact) mass is 402 g/mol. The summed E-state index contributed by atoms with van der Waals surface area (Å²) in [6.07, 6.45) is 0.263. The average molecular weight is 403 g/mol. The van der Waals surface area contributed by atoms with Crippen molar-refractivity contribution in [3.05, 3.63) is 24.3 Å². The molecule has 0 spiro atoms. The minimum Gasteiger partial charge on any atom is -0.497 e. The Morgan fingerprint density at radius 1 is 1.17 bits per heavy atom. The van der Waals surface area contributed by atoms with E-state index < -0.39 is 0 Å². The van der Waals surface area contributed by atoms with Crippen LogP contribution in [0.1, 0.15) is 20.3 Å². The van der Waals surface area contributed by atoms with E-state index in [1.165, 1.54) is 0 Å². The molecule has 0 aliphatic carbocycles. The Kier molecular flexibility index (Phi) is 7.14. The zero-order chi connectivity index (χ0) is 21.0. The van der Waals surface area contributed by atoms with Gasteiger partial charge < -0.3 is 19.9 Å². The first-order chi connectivity index (χ1) is 13.9. The molecule has 2 heterocycles. The molecule has 2 saturated heterocycles. The van der Waals surface area contributed by atoms with Crippen LogP contribution in [-0.4, -0.2) is 81.1 Å². The maximum absolute atomic E-state index is 12.8. The zero-order valence-electron chi connectivity index (χ0n) is 18.1. The van der Waals surface area contributed by atoms with Gasteiger partial charge in [-0.15, -0.1) is 0 Å². The molecule has 2 amide bonds. The normalized spacial score (nSPS) is 22.2. The van der Waals surface area contributed by atoms with E-state index >= 15 is 0 Å². The number of carbonyl (C=O) groups is 2. The van der Waals surface area contributed by atoms with Crippen molar-refractivity contribution in [3.63, 3.8) is 0 Å². The van der Waals surface area contributed by atoms with Gasteiger partial charge in [0.25, 0.3) is 0 Å². The van der Waals surface area contributed by atoms with E-state index in [9.17, 15) is 9.59 Å². The molecule has 0 radical (unpaired) electrons. The highest BCUT2D eigenvalue weighted by molar-refractivity contribution is 6.00. The number of likely N-dealkylation sites (N-methyl/N-ethyl adjacent to an activating group) is 1. The second-order valence-corrected chi connectivity index (χ2v) is 8.50. The summed E-state index contributed by atoms with van der Waals surface area (Å²) < 4.78 is 5.17. The van der Waals surface area contributed by atoms with Gasteiger partial charge in [-0.3, -0.25) is 14.5 Å². The quantitative estimate of drug-likeness (QED) is 0.748. The molecule has 2 fully saturated rings. The number of hydrogen-bond acceptors (Lipinski definition) is 5.